The number of hydrogen-bond acceptors (Lipinski definition) is 0. The Morgan fingerprint density at radius 3 is 1.40 bits per heavy atom. The van der Waals surface area contributed by atoms with Crippen molar-refractivity contribution in [3.05, 3.63) is 0 Å². The average molecular weight is 183 g/mol. The second-order valence-corrected chi connectivity index (χ2v) is 3.73. The summed E-state index contributed by atoms with van der Waals surface area (Å²) in [5, 5.41) is 0.346. The van der Waals surface area contributed by atoms with Crippen molar-refractivity contribution in [1.82, 2.24) is 0 Å². The molecule has 0 radical (unpaired) electrons. The van der Waals surface area contributed by atoms with E-state index in [0.29, 0.717) is 0 Å². The Kier molecular flexibility index (Phi) is 6.67. The molecule has 0 rings (SSSR count). The van der Waals surface area contributed by atoms with Crippen LogP contribution < -0.4 is 0 Å². The molecule has 0 unspecified atom stereocenters. The molecule has 0 aromatic heterocycles. The minimum Gasteiger partial charge on any atom is -0.121 e. The zero-order valence-electron chi connectivity index (χ0n) is 6.74. The van der Waals surface area contributed by atoms with E-state index < -0.39 is 0 Å². The monoisotopic (exact) mass is 182 g/mol. The van der Waals surface area contributed by atoms with Crippen molar-refractivity contribution in [3.63, 3.8) is 0 Å². The zero-order valence-corrected chi connectivity index (χ0v) is 8.25. The molecule has 0 aliphatic rings. The van der Waals surface area contributed by atoms with Gasteiger partial charge in [0.15, 0.2) is 0 Å². The lowest BCUT2D eigenvalue weighted by Gasteiger charge is -2.13. The van der Waals surface area contributed by atoms with Crippen molar-refractivity contribution in [1.29, 1.82) is 0 Å². The van der Waals surface area contributed by atoms with E-state index in [1.165, 1.54) is 0 Å². The van der Waals surface area contributed by atoms with Gasteiger partial charge < -0.3 is 0 Å². The molecular formula is C8H16Cl2. The van der Waals surface area contributed by atoms with Crippen molar-refractivity contribution in [3.8, 4) is 0 Å². The van der Waals surface area contributed by atoms with E-state index in [-0.39, 0.29) is 10.8 Å². The molecule has 0 aliphatic carbocycles. The van der Waals surface area contributed by atoms with E-state index in [9.17, 15) is 0 Å². The molecule has 2 heteroatoms. The fourth-order valence-corrected chi connectivity index (χ4v) is 1.60. The lowest BCUT2D eigenvalue weighted by atomic mass is 10.1. The van der Waals surface area contributed by atoms with Crippen molar-refractivity contribution in [2.45, 2.75) is 50.3 Å². The van der Waals surface area contributed by atoms with Crippen LogP contribution in [0.15, 0.2) is 0 Å². The Balaban J connectivity index is 3.38. The molecule has 0 fully saturated rings. The first-order valence-corrected chi connectivity index (χ1v) is 4.87. The molecule has 0 nitrogen and oxygen atoms in total. The Morgan fingerprint density at radius 2 is 1.20 bits per heavy atom. The van der Waals surface area contributed by atoms with Gasteiger partial charge in [-0.3, -0.25) is 0 Å². The maximum atomic E-state index is 5.98. The third kappa shape index (κ3) is 4.40. The molecule has 0 aromatic rings. The summed E-state index contributed by atoms with van der Waals surface area (Å²) in [6, 6.07) is 0. The van der Waals surface area contributed by atoms with Gasteiger partial charge in [-0.25, -0.2) is 0 Å². The molecule has 0 saturated heterocycles. The van der Waals surface area contributed by atoms with Crippen LogP contribution in [0.4, 0.5) is 0 Å². The predicted octanol–water partition coefficient (Wildman–Crippen LogP) is 3.80. The predicted molar refractivity (Wildman–Crippen MR) is 49.1 cm³/mol. The van der Waals surface area contributed by atoms with E-state index in [0.717, 1.165) is 25.7 Å². The molecule has 2 atom stereocenters. The standard InChI is InChI=1S/C8H16Cl2/c1-3-5-7(9)8(10)6-4-2/h7-8H,3-6H2,1-2H3/t7-,8-/m1/s1. The average Bonchev–Trinajstić information content (AvgIpc) is 1.89. The second kappa shape index (κ2) is 6.30. The van der Waals surface area contributed by atoms with Gasteiger partial charge >= 0.3 is 0 Å². The fourth-order valence-electron chi connectivity index (χ4n) is 0.913. The molecular weight excluding hydrogens is 167 g/mol. The van der Waals surface area contributed by atoms with Gasteiger partial charge in [-0.1, -0.05) is 26.7 Å². The van der Waals surface area contributed by atoms with Crippen LogP contribution in [0.1, 0.15) is 39.5 Å². The third-order valence-corrected chi connectivity index (χ3v) is 2.70. The lowest BCUT2D eigenvalue weighted by molar-refractivity contribution is 0.640. The maximum absolute atomic E-state index is 5.98. The molecule has 0 heterocycles. The SMILES string of the molecule is CCC[C@@H](Cl)[C@H](Cl)CCC. The smallest absolute Gasteiger partial charge is 0.0499 e. The highest BCUT2D eigenvalue weighted by Gasteiger charge is 2.13. The van der Waals surface area contributed by atoms with Crippen LogP contribution >= 0.6 is 23.2 Å². The minimum absolute atomic E-state index is 0.173. The molecule has 0 bridgehead atoms. The van der Waals surface area contributed by atoms with Crippen LogP contribution in [0, 0.1) is 0 Å². The summed E-state index contributed by atoms with van der Waals surface area (Å²) in [4.78, 5) is 0. The molecule has 10 heavy (non-hydrogen) atoms. The Bertz CT molecular complexity index is 63.7. The van der Waals surface area contributed by atoms with Gasteiger partial charge in [-0.15, -0.1) is 23.2 Å². The summed E-state index contributed by atoms with van der Waals surface area (Å²) in [5.41, 5.74) is 0. The molecule has 62 valence electrons. The highest BCUT2D eigenvalue weighted by molar-refractivity contribution is 6.29. The van der Waals surface area contributed by atoms with E-state index in [1.54, 1.807) is 0 Å². The van der Waals surface area contributed by atoms with Crippen molar-refractivity contribution < 1.29 is 0 Å². The van der Waals surface area contributed by atoms with E-state index in [2.05, 4.69) is 13.8 Å². The molecule has 0 N–H and O–H groups in total. The van der Waals surface area contributed by atoms with Crippen LogP contribution in [0.5, 0.6) is 0 Å². The number of alkyl halides is 2. The summed E-state index contributed by atoms with van der Waals surface area (Å²) in [6.07, 6.45) is 4.33. The summed E-state index contributed by atoms with van der Waals surface area (Å²) in [5.74, 6) is 0. The van der Waals surface area contributed by atoms with Crippen molar-refractivity contribution in [2.24, 2.45) is 0 Å². The van der Waals surface area contributed by atoms with Crippen LogP contribution in [0.2, 0.25) is 0 Å². The van der Waals surface area contributed by atoms with E-state index in [4.69, 9.17) is 23.2 Å². The number of hydrogen-bond donors (Lipinski definition) is 0. The zero-order chi connectivity index (χ0) is 7.98. The van der Waals surface area contributed by atoms with Crippen molar-refractivity contribution in [2.75, 3.05) is 0 Å². The number of rotatable bonds is 5. The highest BCUT2D eigenvalue weighted by atomic mass is 35.5. The summed E-state index contributed by atoms with van der Waals surface area (Å²) in [6.45, 7) is 4.26. The van der Waals surface area contributed by atoms with Gasteiger partial charge in [0, 0.05) is 10.8 Å². The Labute approximate surface area is 73.9 Å². The van der Waals surface area contributed by atoms with Crippen LogP contribution in [0.25, 0.3) is 0 Å². The Morgan fingerprint density at radius 1 is 0.900 bits per heavy atom. The van der Waals surface area contributed by atoms with Gasteiger partial charge in [0.2, 0.25) is 0 Å². The summed E-state index contributed by atoms with van der Waals surface area (Å²) < 4.78 is 0. The molecule has 0 aromatic carbocycles. The van der Waals surface area contributed by atoms with Gasteiger partial charge in [0.25, 0.3) is 0 Å². The minimum atomic E-state index is 0.173. The van der Waals surface area contributed by atoms with Gasteiger partial charge in [0.05, 0.1) is 0 Å². The summed E-state index contributed by atoms with van der Waals surface area (Å²) >= 11 is 12.0. The first-order chi connectivity index (χ1) is 4.72. The molecule has 0 aliphatic heterocycles. The third-order valence-electron chi connectivity index (χ3n) is 1.52. The van der Waals surface area contributed by atoms with E-state index >= 15 is 0 Å². The number of halogens is 2. The lowest BCUT2D eigenvalue weighted by Crippen LogP contribution is -2.13. The van der Waals surface area contributed by atoms with Crippen LogP contribution in [0.3, 0.4) is 0 Å². The summed E-state index contributed by atoms with van der Waals surface area (Å²) in [7, 11) is 0. The molecule has 0 amide bonds. The maximum Gasteiger partial charge on any atom is 0.0499 e. The quantitative estimate of drug-likeness (QED) is 0.568. The van der Waals surface area contributed by atoms with Crippen molar-refractivity contribution >= 4 is 23.2 Å². The largest absolute Gasteiger partial charge is 0.121 e. The molecule has 0 saturated carbocycles. The van der Waals surface area contributed by atoms with E-state index in [1.807, 2.05) is 0 Å². The Hall–Kier alpha value is 0.580. The van der Waals surface area contributed by atoms with Gasteiger partial charge in [0.1, 0.15) is 0 Å². The van der Waals surface area contributed by atoms with Crippen LogP contribution in [-0.2, 0) is 0 Å². The first kappa shape index (κ1) is 10.6. The van der Waals surface area contributed by atoms with Gasteiger partial charge in [-0.2, -0.15) is 0 Å². The van der Waals surface area contributed by atoms with Crippen LogP contribution in [-0.4, -0.2) is 10.8 Å². The fraction of sp³-hybridized carbons (Fsp3) is 1.00. The molecule has 0 spiro atoms. The first-order valence-electron chi connectivity index (χ1n) is 4.00. The topological polar surface area (TPSA) is 0 Å². The normalized spacial score (nSPS) is 16.8. The second-order valence-electron chi connectivity index (χ2n) is 2.61. The highest BCUT2D eigenvalue weighted by Crippen LogP contribution is 2.19. The van der Waals surface area contributed by atoms with Gasteiger partial charge in [-0.05, 0) is 12.8 Å².